The number of nitrogens with zero attached hydrogens (tertiary/aromatic N) is 6. The summed E-state index contributed by atoms with van der Waals surface area (Å²) in [5.74, 6) is 0.320. The predicted octanol–water partition coefficient (Wildman–Crippen LogP) is 4.69. The number of carbonyl (C=O) groups is 1. The number of imidazole rings is 1. The average Bonchev–Trinajstić information content (AvgIpc) is 3.38. The predicted molar refractivity (Wildman–Crippen MR) is 128 cm³/mol. The quantitative estimate of drug-likeness (QED) is 0.460. The van der Waals surface area contributed by atoms with Crippen molar-refractivity contribution in [1.82, 2.24) is 29.3 Å². The molecule has 4 aromatic rings. The monoisotopic (exact) mass is 475 g/mol. The van der Waals surface area contributed by atoms with Gasteiger partial charge in [0.1, 0.15) is 24.4 Å². The fourth-order valence-corrected chi connectivity index (χ4v) is 4.26. The van der Waals surface area contributed by atoms with E-state index in [1.54, 1.807) is 24.9 Å². The summed E-state index contributed by atoms with van der Waals surface area (Å²) >= 11 is 0. The molecule has 0 radical (unpaired) electrons. The molecule has 3 aromatic heterocycles. The first-order valence-electron chi connectivity index (χ1n) is 11.2. The molecule has 2 aliphatic rings. The molecule has 35 heavy (non-hydrogen) atoms. The van der Waals surface area contributed by atoms with Gasteiger partial charge in [0.15, 0.2) is 11.6 Å². The molecule has 1 aliphatic heterocycles. The lowest BCUT2D eigenvalue weighted by Gasteiger charge is -2.15. The highest BCUT2D eigenvalue weighted by molar-refractivity contribution is 6.06. The number of benzene rings is 1. The van der Waals surface area contributed by atoms with Crippen molar-refractivity contribution in [3.8, 4) is 22.8 Å². The van der Waals surface area contributed by atoms with Gasteiger partial charge in [0.25, 0.3) is 5.91 Å². The number of halogens is 1. The van der Waals surface area contributed by atoms with Crippen LogP contribution in [0.4, 0.5) is 10.1 Å². The number of pyridine rings is 1. The van der Waals surface area contributed by atoms with Gasteiger partial charge in [-0.15, -0.1) is 10.2 Å². The van der Waals surface area contributed by atoms with E-state index < -0.39 is 11.7 Å². The van der Waals surface area contributed by atoms with Crippen LogP contribution < -0.4 is 10.1 Å². The maximum Gasteiger partial charge on any atom is 0.258 e. The van der Waals surface area contributed by atoms with E-state index in [1.165, 1.54) is 12.3 Å². The Kier molecular flexibility index (Phi) is 5.58. The molecule has 9 nitrogen and oxygen atoms in total. The summed E-state index contributed by atoms with van der Waals surface area (Å²) in [7, 11) is 0. The van der Waals surface area contributed by atoms with E-state index in [9.17, 15) is 9.18 Å². The lowest BCUT2D eigenvalue weighted by molar-refractivity contribution is 0.102. The van der Waals surface area contributed by atoms with Crippen molar-refractivity contribution in [2.45, 2.75) is 46.1 Å². The molecule has 0 saturated heterocycles. The molecule has 0 spiro atoms. The molecule has 4 heterocycles. The van der Waals surface area contributed by atoms with Gasteiger partial charge in [-0.1, -0.05) is 7.43 Å². The van der Waals surface area contributed by atoms with Crippen molar-refractivity contribution < 1.29 is 13.9 Å². The Balaban J connectivity index is 0.00000253. The van der Waals surface area contributed by atoms with Crippen LogP contribution in [0.15, 0.2) is 43.4 Å². The third-order valence-corrected chi connectivity index (χ3v) is 6.31. The van der Waals surface area contributed by atoms with Gasteiger partial charge in [-0.3, -0.25) is 9.78 Å². The van der Waals surface area contributed by atoms with E-state index in [-0.39, 0.29) is 19.0 Å². The first-order valence-corrected chi connectivity index (χ1v) is 11.2. The molecule has 1 amide bonds. The number of aryl methyl sites for hydroxylation is 1. The van der Waals surface area contributed by atoms with E-state index in [4.69, 9.17) is 4.74 Å². The highest BCUT2D eigenvalue weighted by Gasteiger charge is 2.27. The number of aromatic nitrogens is 6. The first-order chi connectivity index (χ1) is 16.5. The molecule has 180 valence electrons. The zero-order valence-corrected chi connectivity index (χ0v) is 18.7. The first kappa shape index (κ1) is 22.7. The van der Waals surface area contributed by atoms with Gasteiger partial charge in [0, 0.05) is 18.3 Å². The fourth-order valence-electron chi connectivity index (χ4n) is 4.26. The minimum absolute atomic E-state index is 0. The Labute approximate surface area is 202 Å². The number of hydrogen-bond donors (Lipinski definition) is 1. The Hall–Kier alpha value is -4.08. The van der Waals surface area contributed by atoms with Crippen LogP contribution in [0, 0.1) is 12.7 Å². The number of amides is 1. The van der Waals surface area contributed by atoms with Crippen LogP contribution in [-0.2, 0) is 0 Å². The van der Waals surface area contributed by atoms with E-state index in [0.717, 1.165) is 18.5 Å². The van der Waals surface area contributed by atoms with Crippen LogP contribution >= 0.6 is 0 Å². The molecule has 1 aromatic carbocycles. The SMILES string of the molecule is C.Cc1cc(F)c(C(=O)Nc2cncc3c2OC[C@H](C)n2cnnc2-3)cc1-n1cnc(C2CC2)c1. The molecule has 10 heteroatoms. The molecule has 1 aliphatic carbocycles. The van der Waals surface area contributed by atoms with Gasteiger partial charge < -0.3 is 19.2 Å². The molecule has 1 atom stereocenters. The molecule has 1 N–H and O–H groups in total. The maximum atomic E-state index is 14.9. The van der Waals surface area contributed by atoms with Gasteiger partial charge in [-0.2, -0.15) is 0 Å². The van der Waals surface area contributed by atoms with E-state index in [2.05, 4.69) is 25.5 Å². The second-order valence-corrected chi connectivity index (χ2v) is 8.84. The summed E-state index contributed by atoms with van der Waals surface area (Å²) in [5, 5.41) is 11.0. The van der Waals surface area contributed by atoms with Gasteiger partial charge >= 0.3 is 0 Å². The highest BCUT2D eigenvalue weighted by atomic mass is 19.1. The zero-order chi connectivity index (χ0) is 23.4. The summed E-state index contributed by atoms with van der Waals surface area (Å²) in [6.07, 6.45) is 10.7. The molecule has 1 fully saturated rings. The van der Waals surface area contributed by atoms with Crippen LogP contribution in [-0.4, -0.2) is 41.8 Å². The van der Waals surface area contributed by atoms with Crippen LogP contribution in [0.3, 0.4) is 0 Å². The fraction of sp³-hybridized carbons (Fsp3) is 0.320. The number of carbonyl (C=O) groups excluding carboxylic acids is 1. The number of anilines is 1. The Morgan fingerprint density at radius 1 is 1.23 bits per heavy atom. The molecular formula is C25H26FN7O2. The summed E-state index contributed by atoms with van der Waals surface area (Å²) in [5.41, 5.74) is 3.30. The molecule has 0 bridgehead atoms. The van der Waals surface area contributed by atoms with Crippen molar-refractivity contribution in [2.75, 3.05) is 11.9 Å². The number of hydrogen-bond acceptors (Lipinski definition) is 6. The van der Waals surface area contributed by atoms with Crippen molar-refractivity contribution in [1.29, 1.82) is 0 Å². The summed E-state index contributed by atoms with van der Waals surface area (Å²) < 4.78 is 24.6. The van der Waals surface area contributed by atoms with Crippen molar-refractivity contribution in [3.05, 3.63) is 66.0 Å². The van der Waals surface area contributed by atoms with Crippen molar-refractivity contribution in [3.63, 3.8) is 0 Å². The standard InChI is InChI=1S/C24H22FN7O2.CH4/c1-13-5-18(25)16(6-21(13)31-9-20(27-11-31)15-3-4-15)24(33)29-19-8-26-7-17-22(19)34-10-14(2)32-12-28-30-23(17)32;/h5-9,11-12,14-15H,3-4,10H2,1-2H3,(H,29,33);1H4/t14-;/m0./s1. The zero-order valence-electron chi connectivity index (χ0n) is 18.7. The van der Waals surface area contributed by atoms with Crippen LogP contribution in [0.2, 0.25) is 0 Å². The summed E-state index contributed by atoms with van der Waals surface area (Å²) in [6.45, 7) is 4.15. The molecule has 1 saturated carbocycles. The summed E-state index contributed by atoms with van der Waals surface area (Å²) in [4.78, 5) is 21.9. The van der Waals surface area contributed by atoms with Gasteiger partial charge in [-0.05, 0) is 44.4 Å². The minimum Gasteiger partial charge on any atom is -0.488 e. The Bertz CT molecular complexity index is 1420. The van der Waals surface area contributed by atoms with Crippen LogP contribution in [0.5, 0.6) is 5.75 Å². The minimum atomic E-state index is -0.606. The highest BCUT2D eigenvalue weighted by Crippen LogP contribution is 2.40. The maximum absolute atomic E-state index is 14.9. The van der Waals surface area contributed by atoms with Gasteiger partial charge in [-0.25, -0.2) is 9.37 Å². The number of fused-ring (bicyclic) bond motifs is 3. The van der Waals surface area contributed by atoms with Crippen LogP contribution in [0.1, 0.15) is 60.8 Å². The lowest BCUT2D eigenvalue weighted by atomic mass is 10.1. The second kappa shape index (κ2) is 8.61. The topological polar surface area (TPSA) is 99.7 Å². The third-order valence-electron chi connectivity index (χ3n) is 6.31. The number of nitrogens with one attached hydrogen (secondary N) is 1. The van der Waals surface area contributed by atoms with Gasteiger partial charge in [0.2, 0.25) is 0 Å². The number of rotatable bonds is 4. The summed E-state index contributed by atoms with van der Waals surface area (Å²) in [6, 6.07) is 2.91. The molecule has 0 unspecified atom stereocenters. The average molecular weight is 476 g/mol. The largest absolute Gasteiger partial charge is 0.488 e. The van der Waals surface area contributed by atoms with E-state index in [1.807, 2.05) is 29.2 Å². The lowest BCUT2D eigenvalue weighted by Crippen LogP contribution is -2.16. The number of ether oxygens (including phenoxy) is 1. The van der Waals surface area contributed by atoms with Gasteiger partial charge in [0.05, 0.1) is 41.1 Å². The molecular weight excluding hydrogens is 449 g/mol. The smallest absolute Gasteiger partial charge is 0.258 e. The third kappa shape index (κ3) is 3.94. The van der Waals surface area contributed by atoms with Crippen LogP contribution in [0.25, 0.3) is 17.1 Å². The van der Waals surface area contributed by atoms with E-state index >= 15 is 0 Å². The van der Waals surface area contributed by atoms with Crippen molar-refractivity contribution in [2.24, 2.45) is 0 Å². The van der Waals surface area contributed by atoms with Crippen molar-refractivity contribution >= 4 is 11.6 Å². The van der Waals surface area contributed by atoms with E-state index in [0.29, 0.717) is 46.6 Å². The molecule has 6 rings (SSSR count). The Morgan fingerprint density at radius 2 is 2.06 bits per heavy atom. The Morgan fingerprint density at radius 3 is 2.86 bits per heavy atom. The normalized spacial score (nSPS) is 16.4. The second-order valence-electron chi connectivity index (χ2n) is 8.84.